The number of aromatic nitrogens is 4. The highest BCUT2D eigenvalue weighted by Gasteiger charge is 2.22. The molecule has 7 nitrogen and oxygen atoms in total. The third-order valence-electron chi connectivity index (χ3n) is 3.08. The van der Waals surface area contributed by atoms with Gasteiger partial charge in [-0.1, -0.05) is 25.6 Å². The maximum absolute atomic E-state index is 5.82. The molecule has 2 heterocycles. The summed E-state index contributed by atoms with van der Waals surface area (Å²) in [4.78, 5) is 2.47. The summed E-state index contributed by atoms with van der Waals surface area (Å²) in [5.41, 5.74) is 5.54. The number of tetrazole rings is 1. The van der Waals surface area contributed by atoms with Crippen LogP contribution < -0.4 is 5.73 Å². The zero-order chi connectivity index (χ0) is 14.4. The van der Waals surface area contributed by atoms with Gasteiger partial charge in [0.2, 0.25) is 5.16 Å². The number of thioether (sulfide) groups is 1. The molecular weight excluding hydrogens is 276 g/mol. The van der Waals surface area contributed by atoms with Crippen LogP contribution in [0.5, 0.6) is 0 Å². The minimum atomic E-state index is 0.246. The van der Waals surface area contributed by atoms with Crippen molar-refractivity contribution >= 4 is 11.8 Å². The quantitative estimate of drug-likeness (QED) is 0.714. The maximum Gasteiger partial charge on any atom is 0.209 e. The Hall–Kier alpha value is -0.700. The molecular formula is C12H24N6OS. The number of hydrogen-bond acceptors (Lipinski definition) is 7. The Kier molecular flexibility index (Phi) is 6.21. The number of nitrogens with two attached hydrogens (primary N) is 1. The van der Waals surface area contributed by atoms with E-state index >= 15 is 0 Å². The largest absolute Gasteiger partial charge is 0.375 e. The molecule has 20 heavy (non-hydrogen) atoms. The lowest BCUT2D eigenvalue weighted by atomic mass is 10.2. The molecule has 1 unspecified atom stereocenters. The molecule has 2 rings (SSSR count). The van der Waals surface area contributed by atoms with Gasteiger partial charge in [0.1, 0.15) is 0 Å². The molecule has 0 bridgehead atoms. The fourth-order valence-corrected chi connectivity index (χ4v) is 3.20. The van der Waals surface area contributed by atoms with Crippen molar-refractivity contribution in [3.63, 3.8) is 0 Å². The molecule has 0 saturated carbocycles. The van der Waals surface area contributed by atoms with Crippen molar-refractivity contribution in [1.82, 2.24) is 25.1 Å². The van der Waals surface area contributed by atoms with Crippen molar-refractivity contribution in [2.45, 2.75) is 31.7 Å². The zero-order valence-electron chi connectivity index (χ0n) is 12.2. The predicted octanol–water partition coefficient (Wildman–Crippen LogP) is 0.0807. The fourth-order valence-electron chi connectivity index (χ4n) is 2.29. The molecule has 0 aromatic carbocycles. The van der Waals surface area contributed by atoms with E-state index < -0.39 is 0 Å². The second kappa shape index (κ2) is 7.92. The van der Waals surface area contributed by atoms with E-state index in [1.54, 1.807) is 16.4 Å². The lowest BCUT2D eigenvalue weighted by Gasteiger charge is -2.33. The van der Waals surface area contributed by atoms with Crippen molar-refractivity contribution in [3.8, 4) is 0 Å². The first kappa shape index (κ1) is 15.7. The summed E-state index contributed by atoms with van der Waals surface area (Å²) in [6.07, 6.45) is 0.246. The Morgan fingerprint density at radius 3 is 3.10 bits per heavy atom. The van der Waals surface area contributed by atoms with Crippen molar-refractivity contribution in [3.05, 3.63) is 0 Å². The summed E-state index contributed by atoms with van der Waals surface area (Å²) in [6.45, 7) is 9.66. The molecule has 1 aromatic rings. The van der Waals surface area contributed by atoms with Crippen LogP contribution in [0.3, 0.4) is 0 Å². The number of ether oxygens (including phenoxy) is 1. The van der Waals surface area contributed by atoms with Crippen molar-refractivity contribution in [1.29, 1.82) is 0 Å². The van der Waals surface area contributed by atoms with Crippen LogP contribution >= 0.6 is 11.8 Å². The van der Waals surface area contributed by atoms with Crippen LogP contribution in [-0.2, 0) is 11.3 Å². The Balaban J connectivity index is 1.79. The first-order chi connectivity index (χ1) is 9.69. The summed E-state index contributed by atoms with van der Waals surface area (Å²) in [5, 5.41) is 12.5. The van der Waals surface area contributed by atoms with Crippen LogP contribution in [0.2, 0.25) is 0 Å². The van der Waals surface area contributed by atoms with Crippen LogP contribution in [0.25, 0.3) is 0 Å². The third-order valence-corrected chi connectivity index (χ3v) is 4.17. The number of rotatable bonds is 7. The molecule has 1 aliphatic heterocycles. The molecule has 114 valence electrons. The lowest BCUT2D eigenvalue weighted by molar-refractivity contribution is -0.0191. The highest BCUT2D eigenvalue weighted by molar-refractivity contribution is 7.99. The van der Waals surface area contributed by atoms with Gasteiger partial charge in [-0.3, -0.25) is 4.90 Å². The normalized spacial score (nSPS) is 20.7. The first-order valence-corrected chi connectivity index (χ1v) is 8.10. The minimum Gasteiger partial charge on any atom is -0.375 e. The second-order valence-electron chi connectivity index (χ2n) is 5.43. The fraction of sp³-hybridized carbons (Fsp3) is 0.917. The van der Waals surface area contributed by atoms with E-state index in [1.807, 2.05) is 0 Å². The zero-order valence-corrected chi connectivity index (χ0v) is 13.1. The van der Waals surface area contributed by atoms with E-state index in [0.29, 0.717) is 19.0 Å². The summed E-state index contributed by atoms with van der Waals surface area (Å²) >= 11 is 1.64. The SMILES string of the molecule is CC(C)CN1CCOC(CSc2nnnn2CCN)C1. The van der Waals surface area contributed by atoms with E-state index in [2.05, 4.69) is 34.3 Å². The van der Waals surface area contributed by atoms with Gasteiger partial charge in [0.15, 0.2) is 0 Å². The summed E-state index contributed by atoms with van der Waals surface area (Å²) in [5.74, 6) is 1.57. The van der Waals surface area contributed by atoms with E-state index in [-0.39, 0.29) is 6.10 Å². The van der Waals surface area contributed by atoms with E-state index in [1.165, 1.54) is 0 Å². The van der Waals surface area contributed by atoms with Crippen molar-refractivity contribution in [2.24, 2.45) is 11.7 Å². The second-order valence-corrected chi connectivity index (χ2v) is 6.42. The van der Waals surface area contributed by atoms with Gasteiger partial charge in [0.05, 0.1) is 19.3 Å². The first-order valence-electron chi connectivity index (χ1n) is 7.12. The molecule has 1 atom stereocenters. The number of nitrogens with zero attached hydrogens (tertiary/aromatic N) is 5. The molecule has 0 spiro atoms. The van der Waals surface area contributed by atoms with Crippen LogP contribution in [-0.4, -0.2) is 69.7 Å². The van der Waals surface area contributed by atoms with Crippen LogP contribution in [0.4, 0.5) is 0 Å². The molecule has 1 aromatic heterocycles. The van der Waals surface area contributed by atoms with Gasteiger partial charge in [-0.25, -0.2) is 4.68 Å². The topological polar surface area (TPSA) is 82.1 Å². The van der Waals surface area contributed by atoms with Gasteiger partial charge in [-0.2, -0.15) is 0 Å². The van der Waals surface area contributed by atoms with Gasteiger partial charge >= 0.3 is 0 Å². The Bertz CT molecular complexity index is 399. The van der Waals surface area contributed by atoms with Gasteiger partial charge in [-0.15, -0.1) is 5.10 Å². The Morgan fingerprint density at radius 2 is 2.35 bits per heavy atom. The van der Waals surface area contributed by atoms with Crippen LogP contribution in [0.15, 0.2) is 5.16 Å². The molecule has 0 aliphatic carbocycles. The van der Waals surface area contributed by atoms with Crippen LogP contribution in [0, 0.1) is 5.92 Å². The van der Waals surface area contributed by atoms with Crippen molar-refractivity contribution < 1.29 is 4.74 Å². The number of morpholine rings is 1. The minimum absolute atomic E-state index is 0.246. The molecule has 8 heteroatoms. The smallest absolute Gasteiger partial charge is 0.209 e. The average molecular weight is 300 g/mol. The van der Waals surface area contributed by atoms with Gasteiger partial charge in [-0.05, 0) is 16.3 Å². The van der Waals surface area contributed by atoms with Gasteiger partial charge in [0.25, 0.3) is 0 Å². The molecule has 0 amide bonds. The number of hydrogen-bond donors (Lipinski definition) is 1. The van der Waals surface area contributed by atoms with E-state index in [9.17, 15) is 0 Å². The van der Waals surface area contributed by atoms with Gasteiger partial charge in [0, 0.05) is 31.9 Å². The molecule has 1 fully saturated rings. The molecule has 1 saturated heterocycles. The molecule has 1 aliphatic rings. The summed E-state index contributed by atoms with van der Waals surface area (Å²) in [7, 11) is 0. The van der Waals surface area contributed by atoms with Crippen molar-refractivity contribution in [2.75, 3.05) is 38.5 Å². The summed E-state index contributed by atoms with van der Waals surface area (Å²) in [6, 6.07) is 0. The average Bonchev–Trinajstić information content (AvgIpc) is 2.84. The van der Waals surface area contributed by atoms with Gasteiger partial charge < -0.3 is 10.5 Å². The predicted molar refractivity (Wildman–Crippen MR) is 78.6 cm³/mol. The lowest BCUT2D eigenvalue weighted by Crippen LogP contribution is -2.44. The third kappa shape index (κ3) is 4.69. The monoisotopic (exact) mass is 300 g/mol. The molecule has 0 radical (unpaired) electrons. The Labute approximate surface area is 124 Å². The Morgan fingerprint density at radius 1 is 1.50 bits per heavy atom. The summed E-state index contributed by atoms with van der Waals surface area (Å²) < 4.78 is 7.57. The molecule has 2 N–H and O–H groups in total. The maximum atomic E-state index is 5.82. The van der Waals surface area contributed by atoms with E-state index in [4.69, 9.17) is 10.5 Å². The standard InChI is InChI=1S/C12H24N6OS/c1-10(2)7-17-5-6-19-11(8-17)9-20-12-14-15-16-18(12)4-3-13/h10-11H,3-9,13H2,1-2H3. The van der Waals surface area contributed by atoms with E-state index in [0.717, 1.165) is 37.2 Å². The highest BCUT2D eigenvalue weighted by Crippen LogP contribution is 2.18. The highest BCUT2D eigenvalue weighted by atomic mass is 32.2. The van der Waals surface area contributed by atoms with Crippen LogP contribution in [0.1, 0.15) is 13.8 Å².